The zero-order chi connectivity index (χ0) is 12.7. The lowest BCUT2D eigenvalue weighted by molar-refractivity contribution is -0.121. The minimum Gasteiger partial charge on any atom is -0.274 e. The maximum absolute atomic E-state index is 12.5. The average molecular weight is 257 g/mol. The quantitative estimate of drug-likeness (QED) is 0.569. The fourth-order valence-electron chi connectivity index (χ4n) is 2.98. The maximum Gasteiger partial charge on any atom is 0.236 e. The Labute approximate surface area is 112 Å². The molecule has 2 nitrogen and oxygen atoms in total. The van der Waals surface area contributed by atoms with Gasteiger partial charge in [-0.25, -0.2) is 0 Å². The standard InChI is InChI=1S/C15H15NOS/c1-10-6-5-9-12-13(10)15(18)16(14(12)17)11-7-3-2-4-8-11/h2-8,10,12-13H,9H2,1H3/t10-,12+,13-/m1/s1. The maximum atomic E-state index is 12.5. The summed E-state index contributed by atoms with van der Waals surface area (Å²) in [7, 11) is 0. The van der Waals surface area contributed by atoms with Crippen LogP contribution in [-0.4, -0.2) is 10.9 Å². The smallest absolute Gasteiger partial charge is 0.236 e. The van der Waals surface area contributed by atoms with Gasteiger partial charge in [-0.2, -0.15) is 0 Å². The molecule has 0 N–H and O–H groups in total. The number of thiocarbonyl (C=S) groups is 1. The second-order valence-electron chi connectivity index (χ2n) is 5.00. The van der Waals surface area contributed by atoms with Crippen molar-refractivity contribution in [1.82, 2.24) is 0 Å². The van der Waals surface area contributed by atoms with Crippen LogP contribution in [0.1, 0.15) is 13.3 Å². The monoisotopic (exact) mass is 257 g/mol. The summed E-state index contributed by atoms with van der Waals surface area (Å²) in [6.07, 6.45) is 5.10. The van der Waals surface area contributed by atoms with Crippen LogP contribution in [0.25, 0.3) is 0 Å². The summed E-state index contributed by atoms with van der Waals surface area (Å²) in [6, 6.07) is 9.72. The van der Waals surface area contributed by atoms with Crippen LogP contribution in [0, 0.1) is 17.8 Å². The van der Waals surface area contributed by atoms with E-state index in [2.05, 4.69) is 19.1 Å². The number of allylic oxidation sites excluding steroid dienone is 2. The Balaban J connectivity index is 2.00. The van der Waals surface area contributed by atoms with Crippen LogP contribution in [0.3, 0.4) is 0 Å². The molecule has 1 amide bonds. The van der Waals surface area contributed by atoms with Crippen molar-refractivity contribution in [2.24, 2.45) is 17.8 Å². The summed E-state index contributed by atoms with van der Waals surface area (Å²) in [5, 5.41) is 0. The first-order valence-corrected chi connectivity index (χ1v) is 6.70. The van der Waals surface area contributed by atoms with Crippen molar-refractivity contribution < 1.29 is 4.79 Å². The van der Waals surface area contributed by atoms with Crippen LogP contribution >= 0.6 is 12.2 Å². The molecule has 0 unspecified atom stereocenters. The minimum atomic E-state index is 0.0395. The predicted molar refractivity (Wildman–Crippen MR) is 76.4 cm³/mol. The molecule has 0 spiro atoms. The van der Waals surface area contributed by atoms with Crippen LogP contribution in [0.2, 0.25) is 0 Å². The topological polar surface area (TPSA) is 20.3 Å². The van der Waals surface area contributed by atoms with Crippen molar-refractivity contribution >= 4 is 28.8 Å². The molecule has 0 saturated carbocycles. The number of carbonyl (C=O) groups is 1. The normalized spacial score (nSPS) is 30.7. The zero-order valence-electron chi connectivity index (χ0n) is 10.2. The molecular weight excluding hydrogens is 242 g/mol. The number of carbonyl (C=O) groups excluding carboxylic acids is 1. The number of anilines is 1. The molecule has 3 heteroatoms. The molecule has 3 rings (SSSR count). The first-order chi connectivity index (χ1) is 8.70. The fourth-order valence-corrected chi connectivity index (χ4v) is 3.55. The van der Waals surface area contributed by atoms with Gasteiger partial charge >= 0.3 is 0 Å². The Kier molecular flexibility index (Phi) is 2.78. The lowest BCUT2D eigenvalue weighted by Gasteiger charge is -2.24. The van der Waals surface area contributed by atoms with Gasteiger partial charge in [0.1, 0.15) is 0 Å². The van der Waals surface area contributed by atoms with E-state index in [4.69, 9.17) is 12.2 Å². The number of nitrogens with zero attached hydrogens (tertiary/aromatic N) is 1. The van der Waals surface area contributed by atoms with Gasteiger partial charge in [-0.05, 0) is 24.5 Å². The number of benzene rings is 1. The molecule has 1 aliphatic carbocycles. The highest BCUT2D eigenvalue weighted by Crippen LogP contribution is 2.40. The Morgan fingerprint density at radius 2 is 2.00 bits per heavy atom. The lowest BCUT2D eigenvalue weighted by Crippen LogP contribution is -2.30. The SMILES string of the molecule is C[C@@H]1C=CC[C@@H]2C(=O)N(c3ccccc3)C(=S)[C@H]12. The molecule has 1 aromatic carbocycles. The Bertz CT molecular complexity index is 523. The number of fused-ring (bicyclic) bond motifs is 1. The molecule has 0 radical (unpaired) electrons. The third-order valence-electron chi connectivity index (χ3n) is 3.89. The summed E-state index contributed by atoms with van der Waals surface area (Å²) < 4.78 is 0. The first kappa shape index (κ1) is 11.6. The second-order valence-corrected chi connectivity index (χ2v) is 5.42. The molecule has 1 saturated heterocycles. The van der Waals surface area contributed by atoms with Gasteiger partial charge in [-0.15, -0.1) is 0 Å². The molecule has 18 heavy (non-hydrogen) atoms. The van der Waals surface area contributed by atoms with Gasteiger partial charge in [0.2, 0.25) is 5.91 Å². The molecule has 2 aliphatic rings. The van der Waals surface area contributed by atoms with Gasteiger partial charge < -0.3 is 0 Å². The highest BCUT2D eigenvalue weighted by molar-refractivity contribution is 7.80. The molecule has 0 aromatic heterocycles. The lowest BCUT2D eigenvalue weighted by atomic mass is 9.79. The van der Waals surface area contributed by atoms with Crippen molar-refractivity contribution in [3.63, 3.8) is 0 Å². The van der Waals surface area contributed by atoms with E-state index in [9.17, 15) is 4.79 Å². The van der Waals surface area contributed by atoms with E-state index in [0.717, 1.165) is 17.1 Å². The van der Waals surface area contributed by atoms with Crippen molar-refractivity contribution in [1.29, 1.82) is 0 Å². The summed E-state index contributed by atoms with van der Waals surface area (Å²) in [5.41, 5.74) is 0.897. The minimum absolute atomic E-state index is 0.0395. The molecule has 3 atom stereocenters. The van der Waals surface area contributed by atoms with Gasteiger partial charge in [0, 0.05) is 11.6 Å². The van der Waals surface area contributed by atoms with Crippen LogP contribution < -0.4 is 4.90 Å². The molecule has 92 valence electrons. The third kappa shape index (κ3) is 1.62. The van der Waals surface area contributed by atoms with Gasteiger partial charge in [-0.1, -0.05) is 49.5 Å². The summed E-state index contributed by atoms with van der Waals surface area (Å²) in [4.78, 5) is 15.0. The summed E-state index contributed by atoms with van der Waals surface area (Å²) in [6.45, 7) is 2.14. The summed E-state index contributed by atoms with van der Waals surface area (Å²) in [5.74, 6) is 0.747. The van der Waals surface area contributed by atoms with Crippen LogP contribution in [0.4, 0.5) is 5.69 Å². The van der Waals surface area contributed by atoms with E-state index in [-0.39, 0.29) is 17.7 Å². The van der Waals surface area contributed by atoms with Crippen molar-refractivity contribution in [3.8, 4) is 0 Å². The molecule has 0 bridgehead atoms. The van der Waals surface area contributed by atoms with E-state index in [1.165, 1.54) is 0 Å². The Hall–Kier alpha value is -1.48. The molecule has 1 aromatic rings. The van der Waals surface area contributed by atoms with Crippen molar-refractivity contribution in [3.05, 3.63) is 42.5 Å². The van der Waals surface area contributed by atoms with E-state index in [1.54, 1.807) is 4.90 Å². The van der Waals surface area contributed by atoms with Crippen molar-refractivity contribution in [2.75, 3.05) is 4.90 Å². The predicted octanol–water partition coefficient (Wildman–Crippen LogP) is 3.19. The zero-order valence-corrected chi connectivity index (χ0v) is 11.1. The molecule has 1 aliphatic heterocycles. The molecule has 1 heterocycles. The van der Waals surface area contributed by atoms with Gasteiger partial charge in [0.05, 0.1) is 10.9 Å². The fraction of sp³-hybridized carbons (Fsp3) is 0.333. The highest BCUT2D eigenvalue weighted by Gasteiger charge is 2.47. The number of hydrogen-bond acceptors (Lipinski definition) is 2. The van der Waals surface area contributed by atoms with Crippen LogP contribution in [-0.2, 0) is 4.79 Å². The van der Waals surface area contributed by atoms with Crippen LogP contribution in [0.5, 0.6) is 0 Å². The van der Waals surface area contributed by atoms with Crippen molar-refractivity contribution in [2.45, 2.75) is 13.3 Å². The Morgan fingerprint density at radius 1 is 1.28 bits per heavy atom. The highest BCUT2D eigenvalue weighted by atomic mass is 32.1. The Morgan fingerprint density at radius 3 is 2.67 bits per heavy atom. The molecule has 1 fully saturated rings. The number of amides is 1. The summed E-state index contributed by atoms with van der Waals surface area (Å²) >= 11 is 5.55. The van der Waals surface area contributed by atoms with E-state index in [1.807, 2.05) is 30.3 Å². The average Bonchev–Trinajstić information content (AvgIpc) is 2.64. The van der Waals surface area contributed by atoms with E-state index >= 15 is 0 Å². The van der Waals surface area contributed by atoms with E-state index < -0.39 is 0 Å². The second kappa shape index (κ2) is 4.32. The van der Waals surface area contributed by atoms with Gasteiger partial charge in [0.25, 0.3) is 0 Å². The number of hydrogen-bond donors (Lipinski definition) is 0. The first-order valence-electron chi connectivity index (χ1n) is 6.29. The third-order valence-corrected chi connectivity index (χ3v) is 4.34. The van der Waals surface area contributed by atoms with Gasteiger partial charge in [0.15, 0.2) is 0 Å². The van der Waals surface area contributed by atoms with E-state index in [0.29, 0.717) is 5.92 Å². The number of rotatable bonds is 1. The number of para-hydroxylation sites is 1. The van der Waals surface area contributed by atoms with Gasteiger partial charge in [-0.3, -0.25) is 9.69 Å². The van der Waals surface area contributed by atoms with Crippen LogP contribution in [0.15, 0.2) is 42.5 Å². The molecular formula is C15H15NOS. The largest absolute Gasteiger partial charge is 0.274 e.